The van der Waals surface area contributed by atoms with E-state index >= 15 is 0 Å². The Morgan fingerprint density at radius 1 is 1.35 bits per heavy atom. The smallest absolute Gasteiger partial charge is 0.401 e. The molecule has 1 fully saturated rings. The van der Waals surface area contributed by atoms with Crippen molar-refractivity contribution in [3.05, 3.63) is 29.8 Å². The first-order valence-electron chi connectivity index (χ1n) is 6.52. The molecule has 1 saturated carbocycles. The molecule has 20 heavy (non-hydrogen) atoms. The van der Waals surface area contributed by atoms with Gasteiger partial charge in [-0.3, -0.25) is 4.90 Å². The minimum Gasteiger partial charge on any atom is -0.496 e. The topological polar surface area (TPSA) is 32.7 Å². The number of alkyl halides is 3. The lowest BCUT2D eigenvalue weighted by molar-refractivity contribution is -0.150. The molecule has 1 atom stereocenters. The molecular weight excluding hydrogens is 271 g/mol. The van der Waals surface area contributed by atoms with Crippen LogP contribution in [0.3, 0.4) is 0 Å². The second-order valence-electron chi connectivity index (χ2n) is 5.03. The first kappa shape index (κ1) is 15.1. The van der Waals surface area contributed by atoms with E-state index in [1.807, 2.05) is 0 Å². The zero-order chi connectivity index (χ0) is 14.8. The van der Waals surface area contributed by atoms with Crippen molar-refractivity contribution >= 4 is 0 Å². The molecule has 0 aromatic heterocycles. The van der Waals surface area contributed by atoms with E-state index in [0.717, 1.165) is 12.8 Å². The first-order chi connectivity index (χ1) is 9.40. The molecule has 0 aliphatic heterocycles. The number of benzene rings is 1. The van der Waals surface area contributed by atoms with E-state index in [0.29, 0.717) is 11.3 Å². The number of nitrogens with zero attached hydrogens (tertiary/aromatic N) is 1. The van der Waals surface area contributed by atoms with Crippen molar-refractivity contribution in [3.63, 3.8) is 0 Å². The van der Waals surface area contributed by atoms with Crippen molar-refractivity contribution in [3.8, 4) is 5.75 Å². The molecule has 3 nitrogen and oxygen atoms in total. The van der Waals surface area contributed by atoms with Crippen molar-refractivity contribution in [1.29, 1.82) is 0 Å². The Kier molecular flexibility index (Phi) is 4.55. The maximum absolute atomic E-state index is 12.5. The molecule has 0 heterocycles. The van der Waals surface area contributed by atoms with Gasteiger partial charge in [0.25, 0.3) is 0 Å². The third-order valence-electron chi connectivity index (χ3n) is 3.35. The normalized spacial score (nSPS) is 17.3. The molecule has 0 amide bonds. The van der Waals surface area contributed by atoms with Gasteiger partial charge in [0.1, 0.15) is 5.75 Å². The zero-order valence-electron chi connectivity index (χ0n) is 11.2. The highest BCUT2D eigenvalue weighted by molar-refractivity contribution is 5.35. The SMILES string of the molecule is COc1ccccc1C(O)CN(CC(F)(F)F)C1CC1. The minimum atomic E-state index is -4.25. The molecule has 1 aliphatic carbocycles. The summed E-state index contributed by atoms with van der Waals surface area (Å²) in [5.74, 6) is 0.489. The number of hydrogen-bond donors (Lipinski definition) is 1. The number of ether oxygens (including phenoxy) is 1. The fourth-order valence-corrected chi connectivity index (χ4v) is 2.27. The number of rotatable bonds is 6. The average Bonchev–Trinajstić information content (AvgIpc) is 3.20. The van der Waals surface area contributed by atoms with Gasteiger partial charge in [-0.2, -0.15) is 13.2 Å². The fraction of sp³-hybridized carbons (Fsp3) is 0.571. The lowest BCUT2D eigenvalue weighted by Gasteiger charge is -2.26. The summed E-state index contributed by atoms with van der Waals surface area (Å²) < 4.78 is 42.8. The van der Waals surface area contributed by atoms with E-state index in [-0.39, 0.29) is 12.6 Å². The van der Waals surface area contributed by atoms with Crippen molar-refractivity contribution in [2.75, 3.05) is 20.2 Å². The summed E-state index contributed by atoms with van der Waals surface area (Å²) in [6.07, 6.45) is -3.72. The lowest BCUT2D eigenvalue weighted by Crippen LogP contribution is -2.38. The molecule has 0 saturated heterocycles. The summed E-state index contributed by atoms with van der Waals surface area (Å²) in [6, 6.07) is 6.77. The summed E-state index contributed by atoms with van der Waals surface area (Å²) in [5.41, 5.74) is 0.517. The van der Waals surface area contributed by atoms with Gasteiger partial charge in [0, 0.05) is 18.2 Å². The van der Waals surface area contributed by atoms with Crippen LogP contribution < -0.4 is 4.74 Å². The maximum Gasteiger partial charge on any atom is 0.401 e. The molecule has 1 N–H and O–H groups in total. The van der Waals surface area contributed by atoms with Crippen LogP contribution in [0, 0.1) is 0 Å². The van der Waals surface area contributed by atoms with Crippen LogP contribution in [0.2, 0.25) is 0 Å². The zero-order valence-corrected chi connectivity index (χ0v) is 11.2. The van der Waals surface area contributed by atoms with E-state index in [4.69, 9.17) is 4.74 Å². The molecule has 6 heteroatoms. The summed E-state index contributed by atoms with van der Waals surface area (Å²) in [4.78, 5) is 1.30. The predicted octanol–water partition coefficient (Wildman–Crippen LogP) is 2.76. The Morgan fingerprint density at radius 2 is 2.00 bits per heavy atom. The van der Waals surface area contributed by atoms with E-state index in [1.165, 1.54) is 12.0 Å². The summed E-state index contributed by atoms with van der Waals surface area (Å²) in [7, 11) is 1.47. The first-order valence-corrected chi connectivity index (χ1v) is 6.52. The largest absolute Gasteiger partial charge is 0.496 e. The standard InChI is InChI=1S/C14H18F3NO2/c1-20-13-5-3-2-4-11(13)12(19)8-18(10-6-7-10)9-14(15,16)17/h2-5,10,12,19H,6-9H2,1H3. The predicted molar refractivity (Wildman–Crippen MR) is 68.6 cm³/mol. The number of aliphatic hydroxyl groups is 1. The van der Waals surface area contributed by atoms with Gasteiger partial charge in [-0.25, -0.2) is 0 Å². The van der Waals surface area contributed by atoms with Crippen LogP contribution in [0.1, 0.15) is 24.5 Å². The van der Waals surface area contributed by atoms with Gasteiger partial charge < -0.3 is 9.84 Å². The van der Waals surface area contributed by atoms with Gasteiger partial charge in [-0.1, -0.05) is 18.2 Å². The molecule has 2 rings (SSSR count). The van der Waals surface area contributed by atoms with Crippen LogP contribution >= 0.6 is 0 Å². The molecule has 0 bridgehead atoms. The summed E-state index contributed by atoms with van der Waals surface area (Å²) in [6.45, 7) is -1.02. The second kappa shape index (κ2) is 6.01. The molecule has 1 aromatic rings. The van der Waals surface area contributed by atoms with Crippen LogP contribution in [0.5, 0.6) is 5.75 Å². The van der Waals surface area contributed by atoms with Crippen LogP contribution in [0.25, 0.3) is 0 Å². The van der Waals surface area contributed by atoms with Crippen molar-refractivity contribution in [2.24, 2.45) is 0 Å². The highest BCUT2D eigenvalue weighted by Crippen LogP contribution is 2.33. The fourth-order valence-electron chi connectivity index (χ4n) is 2.27. The van der Waals surface area contributed by atoms with Crippen LogP contribution in [-0.4, -0.2) is 42.4 Å². The third-order valence-corrected chi connectivity index (χ3v) is 3.35. The Bertz CT molecular complexity index is 446. The maximum atomic E-state index is 12.5. The lowest BCUT2D eigenvalue weighted by atomic mass is 10.1. The quantitative estimate of drug-likeness (QED) is 0.874. The van der Waals surface area contributed by atoms with Gasteiger partial charge in [-0.05, 0) is 18.9 Å². The van der Waals surface area contributed by atoms with Gasteiger partial charge in [0.05, 0.1) is 19.8 Å². The van der Waals surface area contributed by atoms with Gasteiger partial charge in [0.2, 0.25) is 0 Å². The Labute approximate surface area is 116 Å². The molecule has 1 unspecified atom stereocenters. The number of para-hydroxylation sites is 1. The molecule has 0 spiro atoms. The average molecular weight is 289 g/mol. The van der Waals surface area contributed by atoms with Crippen molar-refractivity contribution < 1.29 is 23.0 Å². The number of hydrogen-bond acceptors (Lipinski definition) is 3. The van der Waals surface area contributed by atoms with E-state index < -0.39 is 18.8 Å². The van der Waals surface area contributed by atoms with E-state index in [2.05, 4.69) is 0 Å². The summed E-state index contributed by atoms with van der Waals surface area (Å²) >= 11 is 0. The summed E-state index contributed by atoms with van der Waals surface area (Å²) in [5, 5.41) is 10.2. The minimum absolute atomic E-state index is 0.0372. The van der Waals surface area contributed by atoms with Gasteiger partial charge in [0.15, 0.2) is 0 Å². The molecule has 0 radical (unpaired) electrons. The second-order valence-corrected chi connectivity index (χ2v) is 5.03. The van der Waals surface area contributed by atoms with Gasteiger partial charge >= 0.3 is 6.18 Å². The van der Waals surface area contributed by atoms with E-state index in [9.17, 15) is 18.3 Å². The van der Waals surface area contributed by atoms with Crippen molar-refractivity contribution in [1.82, 2.24) is 4.90 Å². The number of halogens is 3. The Hall–Kier alpha value is -1.27. The Morgan fingerprint density at radius 3 is 2.55 bits per heavy atom. The highest BCUT2D eigenvalue weighted by atomic mass is 19.4. The van der Waals surface area contributed by atoms with Crippen LogP contribution in [-0.2, 0) is 0 Å². The molecule has 1 aliphatic rings. The van der Waals surface area contributed by atoms with Gasteiger partial charge in [-0.15, -0.1) is 0 Å². The van der Waals surface area contributed by atoms with Crippen LogP contribution in [0.15, 0.2) is 24.3 Å². The number of aliphatic hydroxyl groups excluding tert-OH is 1. The van der Waals surface area contributed by atoms with E-state index in [1.54, 1.807) is 24.3 Å². The third kappa shape index (κ3) is 4.11. The van der Waals surface area contributed by atoms with Crippen LogP contribution in [0.4, 0.5) is 13.2 Å². The highest BCUT2D eigenvalue weighted by Gasteiger charge is 2.39. The number of methoxy groups -OCH3 is 1. The molecule has 112 valence electrons. The van der Waals surface area contributed by atoms with Crippen molar-refractivity contribution in [2.45, 2.75) is 31.2 Å². The molecular formula is C14H18F3NO2. The monoisotopic (exact) mass is 289 g/mol. The molecule has 1 aromatic carbocycles. The Balaban J connectivity index is 2.06.